The van der Waals surface area contributed by atoms with E-state index in [1.54, 1.807) is 30.6 Å². The van der Waals surface area contributed by atoms with Crippen LogP contribution in [0.2, 0.25) is 0 Å². The fourth-order valence-electron chi connectivity index (χ4n) is 1.13. The normalized spacial score (nSPS) is 10.0. The zero-order chi connectivity index (χ0) is 8.39. The van der Waals surface area contributed by atoms with Crippen LogP contribution in [0, 0.1) is 0 Å². The Labute approximate surface area is 69.9 Å². The average Bonchev–Trinajstić information content (AvgIpc) is 2.28. The van der Waals surface area contributed by atoms with Gasteiger partial charge in [0.1, 0.15) is 0 Å². The monoisotopic (exact) mass is 157 g/mol. The molecule has 1 aliphatic heterocycles. The van der Waals surface area contributed by atoms with E-state index in [-0.39, 0.29) is 5.43 Å². The number of hydrogen-bond donors (Lipinski definition) is 0. The van der Waals surface area contributed by atoms with Gasteiger partial charge in [0.25, 0.3) is 0 Å². The third kappa shape index (κ3) is 1.19. The van der Waals surface area contributed by atoms with Gasteiger partial charge in [-0.15, -0.1) is 0 Å². The molecule has 0 saturated heterocycles. The molecular formula is C10H7NO. The largest absolute Gasteiger partial charge is 0.290 e. The summed E-state index contributed by atoms with van der Waals surface area (Å²) in [6, 6.07) is 8.64. The highest BCUT2D eigenvalue weighted by Gasteiger charge is 1.97. The Hall–Kier alpha value is -1.70. The Morgan fingerprint density at radius 3 is 2.92 bits per heavy atom. The van der Waals surface area contributed by atoms with Crippen molar-refractivity contribution in [3.63, 3.8) is 0 Å². The summed E-state index contributed by atoms with van der Waals surface area (Å²) in [5.74, 6) is 0. The molecule has 2 nitrogen and oxygen atoms in total. The number of nitrogens with zero attached hydrogens (tertiary/aromatic N) is 1. The smallest absolute Gasteiger partial charge is 0.179 e. The van der Waals surface area contributed by atoms with E-state index in [0.717, 1.165) is 11.1 Å². The second-order valence-electron chi connectivity index (χ2n) is 2.58. The van der Waals surface area contributed by atoms with E-state index in [2.05, 4.69) is 4.98 Å². The molecule has 0 N–H and O–H groups in total. The molecule has 0 fully saturated rings. The Bertz CT molecular complexity index is 425. The van der Waals surface area contributed by atoms with Gasteiger partial charge in [-0.2, -0.15) is 0 Å². The second-order valence-corrected chi connectivity index (χ2v) is 2.58. The quantitative estimate of drug-likeness (QED) is 0.580. The van der Waals surface area contributed by atoms with Crippen LogP contribution in [0.25, 0.3) is 11.1 Å². The highest BCUT2D eigenvalue weighted by atomic mass is 16.1. The van der Waals surface area contributed by atoms with Gasteiger partial charge in [0.2, 0.25) is 0 Å². The zero-order valence-corrected chi connectivity index (χ0v) is 6.40. The van der Waals surface area contributed by atoms with Crippen LogP contribution in [-0.2, 0) is 0 Å². The lowest BCUT2D eigenvalue weighted by Gasteiger charge is -1.95. The number of hydrogen-bond acceptors (Lipinski definition) is 2. The molecule has 0 radical (unpaired) electrons. The van der Waals surface area contributed by atoms with Crippen molar-refractivity contribution in [2.24, 2.45) is 0 Å². The molecule has 0 spiro atoms. The van der Waals surface area contributed by atoms with E-state index >= 15 is 0 Å². The van der Waals surface area contributed by atoms with E-state index in [1.165, 1.54) is 0 Å². The zero-order valence-electron chi connectivity index (χ0n) is 6.40. The van der Waals surface area contributed by atoms with Crippen molar-refractivity contribution in [1.82, 2.24) is 4.98 Å². The van der Waals surface area contributed by atoms with Gasteiger partial charge in [-0.3, -0.25) is 9.78 Å². The predicted molar refractivity (Wildman–Crippen MR) is 47.1 cm³/mol. The Balaban J connectivity index is 2.82. The third-order valence-corrected chi connectivity index (χ3v) is 1.72. The van der Waals surface area contributed by atoms with Crippen molar-refractivity contribution < 1.29 is 0 Å². The Kier molecular flexibility index (Phi) is 1.59. The first-order valence-corrected chi connectivity index (χ1v) is 3.70. The van der Waals surface area contributed by atoms with Crippen molar-refractivity contribution >= 4 is 0 Å². The first-order chi connectivity index (χ1) is 5.86. The van der Waals surface area contributed by atoms with Crippen molar-refractivity contribution in [2.45, 2.75) is 0 Å². The molecule has 0 aromatic carbocycles. The van der Waals surface area contributed by atoms with Crippen LogP contribution in [0.5, 0.6) is 0 Å². The van der Waals surface area contributed by atoms with Gasteiger partial charge in [-0.1, -0.05) is 6.07 Å². The molecule has 2 aliphatic rings. The molecule has 0 saturated carbocycles. The lowest BCUT2D eigenvalue weighted by Crippen LogP contribution is -1.95. The fourth-order valence-corrected chi connectivity index (χ4v) is 1.13. The summed E-state index contributed by atoms with van der Waals surface area (Å²) < 4.78 is 0. The molecule has 0 aromatic heterocycles. The minimum absolute atomic E-state index is 0.0358. The van der Waals surface area contributed by atoms with Crippen LogP contribution in [-0.4, -0.2) is 4.98 Å². The topological polar surface area (TPSA) is 30.0 Å². The van der Waals surface area contributed by atoms with Gasteiger partial charge in [0.05, 0.1) is 0 Å². The maximum atomic E-state index is 11.0. The number of rotatable bonds is 0. The Morgan fingerprint density at radius 1 is 1.08 bits per heavy atom. The maximum Gasteiger partial charge on any atom is 0.179 e. The van der Waals surface area contributed by atoms with E-state index in [4.69, 9.17) is 0 Å². The molecule has 12 heavy (non-hydrogen) atoms. The average molecular weight is 157 g/mol. The van der Waals surface area contributed by atoms with Crippen molar-refractivity contribution in [3.8, 4) is 11.1 Å². The molecule has 58 valence electrons. The van der Waals surface area contributed by atoms with Crippen molar-refractivity contribution in [3.05, 3.63) is 52.9 Å². The van der Waals surface area contributed by atoms with Gasteiger partial charge in [-0.05, 0) is 29.8 Å². The summed E-state index contributed by atoms with van der Waals surface area (Å²) in [7, 11) is 0. The van der Waals surface area contributed by atoms with Crippen LogP contribution in [0.15, 0.2) is 47.5 Å². The maximum absolute atomic E-state index is 11.0. The van der Waals surface area contributed by atoms with Gasteiger partial charge in [0, 0.05) is 18.0 Å². The van der Waals surface area contributed by atoms with Gasteiger partial charge in [0.15, 0.2) is 5.43 Å². The summed E-state index contributed by atoms with van der Waals surface area (Å²) in [6.45, 7) is 0. The van der Waals surface area contributed by atoms with Crippen molar-refractivity contribution in [1.29, 1.82) is 0 Å². The molecule has 0 amide bonds. The van der Waals surface area contributed by atoms with Crippen LogP contribution >= 0.6 is 0 Å². The molecule has 0 unspecified atom stereocenters. The first-order valence-electron chi connectivity index (χ1n) is 3.70. The van der Waals surface area contributed by atoms with Crippen LogP contribution in [0.4, 0.5) is 0 Å². The molecule has 2 rings (SSSR count). The van der Waals surface area contributed by atoms with Gasteiger partial charge >= 0.3 is 0 Å². The Morgan fingerprint density at radius 2 is 2.00 bits per heavy atom. The van der Waals surface area contributed by atoms with Crippen LogP contribution in [0.3, 0.4) is 0 Å². The molecule has 2 heteroatoms. The van der Waals surface area contributed by atoms with Crippen LogP contribution < -0.4 is 5.43 Å². The minimum atomic E-state index is 0.0358. The predicted octanol–water partition coefficient (Wildman–Crippen LogP) is 1.55. The molecular weight excluding hydrogens is 150 g/mol. The summed E-state index contributed by atoms with van der Waals surface area (Å²) in [5, 5.41) is 0. The molecule has 0 aromatic rings. The van der Waals surface area contributed by atoms with Gasteiger partial charge in [-0.25, -0.2) is 0 Å². The van der Waals surface area contributed by atoms with Crippen molar-refractivity contribution in [2.75, 3.05) is 0 Å². The molecule has 1 heterocycles. The lowest BCUT2D eigenvalue weighted by molar-refractivity contribution is 1.37. The third-order valence-electron chi connectivity index (χ3n) is 1.72. The SMILES string of the molecule is O=c1ccc2cncccc-2c1. The molecule has 0 atom stereocenters. The molecule has 0 bridgehead atoms. The van der Waals surface area contributed by atoms with E-state index < -0.39 is 0 Å². The summed E-state index contributed by atoms with van der Waals surface area (Å²) in [6.07, 6.45) is 3.44. The number of aromatic nitrogens is 1. The molecule has 1 aliphatic carbocycles. The second kappa shape index (κ2) is 2.74. The van der Waals surface area contributed by atoms with E-state index in [1.807, 2.05) is 12.1 Å². The fraction of sp³-hybridized carbons (Fsp3) is 0. The summed E-state index contributed by atoms with van der Waals surface area (Å²) in [5.41, 5.74) is 1.95. The number of benzene rings is 1. The van der Waals surface area contributed by atoms with E-state index in [9.17, 15) is 4.79 Å². The highest BCUT2D eigenvalue weighted by molar-refractivity contribution is 5.62. The lowest BCUT2D eigenvalue weighted by atomic mass is 10.1. The number of fused-ring (bicyclic) bond motifs is 1. The summed E-state index contributed by atoms with van der Waals surface area (Å²) in [4.78, 5) is 15.0. The van der Waals surface area contributed by atoms with E-state index in [0.29, 0.717) is 0 Å². The first kappa shape index (κ1) is 6.98. The summed E-state index contributed by atoms with van der Waals surface area (Å²) >= 11 is 0. The standard InChI is InChI=1S/C10H7NO/c12-10-4-3-9-7-11-5-1-2-8(9)6-10/h1-7H. The highest BCUT2D eigenvalue weighted by Crippen LogP contribution is 2.14. The van der Waals surface area contributed by atoms with Gasteiger partial charge < -0.3 is 0 Å². The minimum Gasteiger partial charge on any atom is -0.290 e. The van der Waals surface area contributed by atoms with Crippen LogP contribution in [0.1, 0.15) is 0 Å².